The highest BCUT2D eigenvalue weighted by molar-refractivity contribution is 5.77. The Morgan fingerprint density at radius 1 is 1.43 bits per heavy atom. The van der Waals surface area contributed by atoms with Crippen molar-refractivity contribution in [2.24, 2.45) is 0 Å². The van der Waals surface area contributed by atoms with Gasteiger partial charge in [-0.2, -0.15) is 0 Å². The van der Waals surface area contributed by atoms with E-state index in [-0.39, 0.29) is 24.2 Å². The molecule has 0 bridgehead atoms. The van der Waals surface area contributed by atoms with Crippen LogP contribution in [0.15, 0.2) is 23.1 Å². The van der Waals surface area contributed by atoms with Crippen LogP contribution in [0.25, 0.3) is 11.2 Å². The van der Waals surface area contributed by atoms with Crippen molar-refractivity contribution in [3.8, 4) is 0 Å². The first-order chi connectivity index (χ1) is 11.2. The smallest absolute Gasteiger partial charge is 0.327 e. The molecule has 0 saturated carbocycles. The predicted octanol–water partition coefficient (Wildman–Crippen LogP) is 1.31. The van der Waals surface area contributed by atoms with Gasteiger partial charge in [-0.05, 0) is 31.4 Å². The number of nitrogens with one attached hydrogen (secondary N) is 1. The zero-order valence-corrected chi connectivity index (χ0v) is 13.3. The number of amides is 1. The molecule has 1 amide bonds. The molecule has 1 fully saturated rings. The highest BCUT2D eigenvalue weighted by Gasteiger charge is 2.26. The van der Waals surface area contributed by atoms with Gasteiger partial charge in [0.1, 0.15) is 6.61 Å². The molecule has 0 radical (unpaired) electrons. The molecule has 1 N–H and O–H groups in total. The highest BCUT2D eigenvalue weighted by atomic mass is 16.5. The number of imidazole rings is 1. The van der Waals surface area contributed by atoms with E-state index < -0.39 is 0 Å². The number of nitrogens with zero attached hydrogens (tertiary/aromatic N) is 3. The fourth-order valence-corrected chi connectivity index (χ4v) is 3.07. The zero-order valence-electron chi connectivity index (χ0n) is 13.3. The summed E-state index contributed by atoms with van der Waals surface area (Å²) in [4.78, 5) is 33.2. The fourth-order valence-electron chi connectivity index (χ4n) is 3.07. The summed E-state index contributed by atoms with van der Waals surface area (Å²) in [5, 5.41) is 0. The Kier molecular flexibility index (Phi) is 4.76. The van der Waals surface area contributed by atoms with Crippen LogP contribution in [-0.4, -0.2) is 51.6 Å². The minimum atomic E-state index is -0.130. The first kappa shape index (κ1) is 15.7. The normalized spacial score (nSPS) is 16.1. The number of aromatic nitrogens is 3. The number of carbonyl (C=O) groups is 1. The SMILES string of the molecule is CCCOCC(=O)N1CCC(n2c(=O)[nH]c3cccnc32)CC1. The van der Waals surface area contributed by atoms with E-state index in [1.165, 1.54) is 0 Å². The lowest BCUT2D eigenvalue weighted by Gasteiger charge is -2.32. The number of hydrogen-bond acceptors (Lipinski definition) is 4. The summed E-state index contributed by atoms with van der Waals surface area (Å²) >= 11 is 0. The topological polar surface area (TPSA) is 80.2 Å². The summed E-state index contributed by atoms with van der Waals surface area (Å²) in [6, 6.07) is 3.73. The Morgan fingerprint density at radius 3 is 2.96 bits per heavy atom. The third kappa shape index (κ3) is 3.29. The van der Waals surface area contributed by atoms with Gasteiger partial charge in [-0.25, -0.2) is 9.78 Å². The van der Waals surface area contributed by atoms with Gasteiger partial charge in [-0.15, -0.1) is 0 Å². The Bertz CT molecular complexity index is 728. The molecule has 0 unspecified atom stereocenters. The van der Waals surface area contributed by atoms with E-state index in [0.29, 0.717) is 25.3 Å². The van der Waals surface area contributed by atoms with Crippen molar-refractivity contribution in [3.05, 3.63) is 28.8 Å². The lowest BCUT2D eigenvalue weighted by atomic mass is 10.0. The first-order valence-corrected chi connectivity index (χ1v) is 8.11. The van der Waals surface area contributed by atoms with Crippen molar-refractivity contribution >= 4 is 17.1 Å². The van der Waals surface area contributed by atoms with Gasteiger partial charge in [0.25, 0.3) is 0 Å². The van der Waals surface area contributed by atoms with Crippen LogP contribution in [-0.2, 0) is 9.53 Å². The lowest BCUT2D eigenvalue weighted by Crippen LogP contribution is -2.42. The van der Waals surface area contributed by atoms with Crippen LogP contribution >= 0.6 is 0 Å². The van der Waals surface area contributed by atoms with E-state index in [1.54, 1.807) is 16.8 Å². The molecular weight excluding hydrogens is 296 g/mol. The van der Waals surface area contributed by atoms with Crippen LogP contribution in [0.1, 0.15) is 32.2 Å². The Balaban J connectivity index is 1.65. The first-order valence-electron chi connectivity index (χ1n) is 8.11. The molecule has 1 aliphatic heterocycles. The fraction of sp³-hybridized carbons (Fsp3) is 0.562. The van der Waals surface area contributed by atoms with Crippen LogP contribution in [0.4, 0.5) is 0 Å². The van der Waals surface area contributed by atoms with Crippen LogP contribution < -0.4 is 5.69 Å². The van der Waals surface area contributed by atoms with Gasteiger partial charge >= 0.3 is 5.69 Å². The second-order valence-corrected chi connectivity index (χ2v) is 5.84. The van der Waals surface area contributed by atoms with E-state index >= 15 is 0 Å². The number of carbonyl (C=O) groups excluding carboxylic acids is 1. The van der Waals surface area contributed by atoms with Crippen molar-refractivity contribution in [2.75, 3.05) is 26.3 Å². The van der Waals surface area contributed by atoms with Crippen LogP contribution in [0.3, 0.4) is 0 Å². The van der Waals surface area contributed by atoms with E-state index in [0.717, 1.165) is 24.8 Å². The monoisotopic (exact) mass is 318 g/mol. The molecule has 7 heteroatoms. The maximum atomic E-state index is 12.2. The van der Waals surface area contributed by atoms with Gasteiger partial charge in [-0.1, -0.05) is 6.92 Å². The van der Waals surface area contributed by atoms with Gasteiger partial charge in [-0.3, -0.25) is 9.36 Å². The minimum absolute atomic E-state index is 0.0290. The largest absolute Gasteiger partial charge is 0.372 e. The zero-order chi connectivity index (χ0) is 16.2. The summed E-state index contributed by atoms with van der Waals surface area (Å²) in [5.74, 6) is 0.0290. The van der Waals surface area contributed by atoms with E-state index in [9.17, 15) is 9.59 Å². The van der Waals surface area contributed by atoms with Gasteiger partial charge in [0, 0.05) is 31.9 Å². The van der Waals surface area contributed by atoms with E-state index in [2.05, 4.69) is 9.97 Å². The molecule has 1 aliphatic rings. The van der Waals surface area contributed by atoms with Crippen molar-refractivity contribution in [2.45, 2.75) is 32.2 Å². The highest BCUT2D eigenvalue weighted by Crippen LogP contribution is 2.23. The molecule has 0 aliphatic carbocycles. The molecule has 1 saturated heterocycles. The number of piperidine rings is 1. The Labute approximate surface area is 134 Å². The molecule has 23 heavy (non-hydrogen) atoms. The van der Waals surface area contributed by atoms with Gasteiger partial charge in [0.2, 0.25) is 5.91 Å². The van der Waals surface area contributed by atoms with Gasteiger partial charge < -0.3 is 14.6 Å². The molecule has 3 rings (SSSR count). The van der Waals surface area contributed by atoms with Crippen molar-refractivity contribution in [1.29, 1.82) is 0 Å². The molecule has 7 nitrogen and oxygen atoms in total. The number of ether oxygens (including phenoxy) is 1. The number of likely N-dealkylation sites (tertiary alicyclic amines) is 1. The number of hydrogen-bond donors (Lipinski definition) is 1. The molecule has 3 heterocycles. The van der Waals surface area contributed by atoms with E-state index in [4.69, 9.17) is 4.74 Å². The summed E-state index contributed by atoms with van der Waals surface area (Å²) in [5.41, 5.74) is 1.31. The quantitative estimate of drug-likeness (QED) is 0.843. The van der Waals surface area contributed by atoms with Crippen molar-refractivity contribution < 1.29 is 9.53 Å². The molecule has 0 aromatic carbocycles. The number of pyridine rings is 1. The Hall–Kier alpha value is -2.15. The second-order valence-electron chi connectivity index (χ2n) is 5.84. The van der Waals surface area contributed by atoms with Gasteiger partial charge in [0.15, 0.2) is 5.65 Å². The van der Waals surface area contributed by atoms with E-state index in [1.807, 2.05) is 17.9 Å². The standard InChI is InChI=1S/C16H22N4O3/c1-2-10-23-11-14(21)19-8-5-12(6-9-19)20-15-13(18-16(20)22)4-3-7-17-15/h3-4,7,12H,2,5-6,8-11H2,1H3,(H,18,22). The van der Waals surface area contributed by atoms with Crippen LogP contribution in [0.2, 0.25) is 0 Å². The van der Waals surface area contributed by atoms with Crippen molar-refractivity contribution in [3.63, 3.8) is 0 Å². The van der Waals surface area contributed by atoms with Crippen molar-refractivity contribution in [1.82, 2.24) is 19.4 Å². The third-order valence-corrected chi connectivity index (χ3v) is 4.23. The molecule has 2 aromatic rings. The minimum Gasteiger partial charge on any atom is -0.372 e. The molecule has 2 aromatic heterocycles. The number of H-pyrrole nitrogens is 1. The van der Waals surface area contributed by atoms with Crippen LogP contribution in [0, 0.1) is 0 Å². The maximum absolute atomic E-state index is 12.2. The summed E-state index contributed by atoms with van der Waals surface area (Å²) in [6.07, 6.45) is 4.10. The second kappa shape index (κ2) is 6.95. The number of rotatable bonds is 5. The third-order valence-electron chi connectivity index (χ3n) is 4.23. The summed E-state index contributed by atoms with van der Waals surface area (Å²) in [6.45, 7) is 4.06. The summed E-state index contributed by atoms with van der Waals surface area (Å²) < 4.78 is 7.04. The summed E-state index contributed by atoms with van der Waals surface area (Å²) in [7, 11) is 0. The maximum Gasteiger partial charge on any atom is 0.327 e. The molecule has 0 spiro atoms. The lowest BCUT2D eigenvalue weighted by molar-refractivity contribution is -0.137. The number of fused-ring (bicyclic) bond motifs is 1. The number of aromatic amines is 1. The molecular formula is C16H22N4O3. The molecule has 0 atom stereocenters. The average Bonchev–Trinajstić information content (AvgIpc) is 2.91. The molecule has 124 valence electrons. The van der Waals surface area contributed by atoms with Crippen LogP contribution in [0.5, 0.6) is 0 Å². The predicted molar refractivity (Wildman–Crippen MR) is 86.3 cm³/mol. The Morgan fingerprint density at radius 2 is 2.22 bits per heavy atom. The average molecular weight is 318 g/mol. The van der Waals surface area contributed by atoms with Gasteiger partial charge in [0.05, 0.1) is 5.52 Å².